The van der Waals surface area contributed by atoms with Crippen LogP contribution in [0.1, 0.15) is 25.8 Å². The number of amides is 1. The molecular formula is C25H33N3O10PS+. The van der Waals surface area contributed by atoms with E-state index in [1.54, 1.807) is 44.2 Å². The van der Waals surface area contributed by atoms with E-state index in [2.05, 4.69) is 5.32 Å². The number of hydrogen-bond acceptors (Lipinski definition) is 9. The molecule has 1 saturated heterocycles. The molecule has 2 unspecified atom stereocenters. The molecule has 1 aliphatic rings. The highest BCUT2D eigenvalue weighted by Crippen LogP contribution is 2.26. The Kier molecular flexibility index (Phi) is 11.5. The minimum Gasteiger partial charge on any atom is -0.444 e. The molecule has 40 heavy (non-hydrogen) atoms. The summed E-state index contributed by atoms with van der Waals surface area (Å²) in [6, 6.07) is 12.4. The Morgan fingerprint density at radius 2 is 1.88 bits per heavy atom. The normalized spacial score (nSPS) is 17.4. The molecule has 0 aliphatic carbocycles. The van der Waals surface area contributed by atoms with Crippen LogP contribution in [0.5, 0.6) is 0 Å². The van der Waals surface area contributed by atoms with Gasteiger partial charge in [-0.3, -0.25) is 10.1 Å². The van der Waals surface area contributed by atoms with Gasteiger partial charge in [0.2, 0.25) is 10.0 Å². The highest BCUT2D eigenvalue weighted by molar-refractivity contribution is 7.89. The van der Waals surface area contributed by atoms with Gasteiger partial charge >= 0.3 is 14.3 Å². The molecule has 2 N–H and O–H groups in total. The number of carbonyl (C=O) groups is 1. The zero-order chi connectivity index (χ0) is 29.3. The van der Waals surface area contributed by atoms with E-state index in [0.717, 1.165) is 34.1 Å². The second-order valence-electron chi connectivity index (χ2n) is 9.68. The topological polar surface area (TPSA) is 175 Å². The first-order chi connectivity index (χ1) is 19.0. The fourth-order valence-electron chi connectivity index (χ4n) is 4.20. The molecule has 218 valence electrons. The number of rotatable bonds is 14. The summed E-state index contributed by atoms with van der Waals surface area (Å²) in [5, 5.41) is 13.7. The van der Waals surface area contributed by atoms with Gasteiger partial charge in [-0.15, -0.1) is 9.42 Å². The largest absolute Gasteiger partial charge is 0.695 e. The molecule has 15 heteroatoms. The van der Waals surface area contributed by atoms with E-state index in [1.807, 2.05) is 0 Å². The summed E-state index contributed by atoms with van der Waals surface area (Å²) in [6.45, 7) is 3.89. The molecule has 0 saturated carbocycles. The fourth-order valence-corrected chi connectivity index (χ4v) is 6.26. The van der Waals surface area contributed by atoms with Crippen molar-refractivity contribution in [1.82, 2.24) is 9.62 Å². The standard InChI is InChI=1S/C25H32N3O10PS/c1-18(2)15-27(40(34,35)22-10-8-20(9-11-22)28(30)31)16-24(38-39(32)33)23(14-19-6-4-3-5-7-19)26-25(29)37-21-12-13-36-17-21/h3-11,18,21,23-24H,12-17H2,1-2H3,(H-,26,29,32,33)/p+1/t21?,23-,24+/m0/s1. The van der Waals surface area contributed by atoms with Gasteiger partial charge < -0.3 is 14.8 Å². The predicted octanol–water partition coefficient (Wildman–Crippen LogP) is 3.40. The maximum absolute atomic E-state index is 13.6. The molecule has 4 atom stereocenters. The zero-order valence-electron chi connectivity index (χ0n) is 22.1. The Morgan fingerprint density at radius 3 is 2.42 bits per heavy atom. The van der Waals surface area contributed by atoms with Crippen molar-refractivity contribution >= 4 is 30.1 Å². The first-order valence-electron chi connectivity index (χ1n) is 12.6. The first kappa shape index (κ1) is 31.5. The van der Waals surface area contributed by atoms with E-state index >= 15 is 0 Å². The summed E-state index contributed by atoms with van der Waals surface area (Å²) in [5.74, 6) is -0.163. The molecule has 2 aromatic carbocycles. The Hall–Kier alpha value is -3.00. The lowest BCUT2D eigenvalue weighted by molar-refractivity contribution is -0.384. The summed E-state index contributed by atoms with van der Waals surface area (Å²) in [6.07, 6.45) is -1.86. The van der Waals surface area contributed by atoms with Gasteiger partial charge in [-0.25, -0.2) is 13.2 Å². The molecule has 2 aromatic rings. The van der Waals surface area contributed by atoms with Crippen LogP contribution >= 0.6 is 8.25 Å². The second kappa shape index (κ2) is 14.6. The molecule has 13 nitrogen and oxygen atoms in total. The van der Waals surface area contributed by atoms with E-state index in [4.69, 9.17) is 14.0 Å². The van der Waals surface area contributed by atoms with Crippen molar-refractivity contribution in [2.75, 3.05) is 26.3 Å². The molecule has 1 fully saturated rings. The predicted molar refractivity (Wildman–Crippen MR) is 144 cm³/mol. The molecular weight excluding hydrogens is 565 g/mol. The number of benzene rings is 2. The van der Waals surface area contributed by atoms with Crippen molar-refractivity contribution < 1.29 is 41.6 Å². The third-order valence-corrected chi connectivity index (χ3v) is 8.37. The van der Waals surface area contributed by atoms with E-state index in [-0.39, 0.29) is 36.1 Å². The number of alkyl carbamates (subject to hydrolysis) is 1. The monoisotopic (exact) mass is 598 g/mol. The number of hydrogen-bond donors (Lipinski definition) is 2. The molecule has 1 aliphatic heterocycles. The van der Waals surface area contributed by atoms with Crippen LogP contribution in [0.4, 0.5) is 10.5 Å². The number of carbonyl (C=O) groups excluding carboxylic acids is 1. The maximum atomic E-state index is 13.6. The summed E-state index contributed by atoms with van der Waals surface area (Å²) in [5.41, 5.74) is 0.485. The summed E-state index contributed by atoms with van der Waals surface area (Å²) in [7, 11) is -7.43. The van der Waals surface area contributed by atoms with Gasteiger partial charge in [0.15, 0.2) is 6.10 Å². The fraction of sp³-hybridized carbons (Fsp3) is 0.480. The van der Waals surface area contributed by atoms with Crippen LogP contribution < -0.4 is 5.32 Å². The molecule has 1 heterocycles. The number of nitrogens with zero attached hydrogens (tertiary/aromatic N) is 2. The van der Waals surface area contributed by atoms with Crippen molar-refractivity contribution in [3.63, 3.8) is 0 Å². The van der Waals surface area contributed by atoms with Crippen LogP contribution in [0, 0.1) is 16.0 Å². The number of sulfonamides is 1. The molecule has 0 radical (unpaired) electrons. The minimum atomic E-state index is -4.23. The van der Waals surface area contributed by atoms with Crippen LogP contribution in [0.15, 0.2) is 59.5 Å². The number of nitrogens with one attached hydrogen (secondary N) is 1. The quantitative estimate of drug-likeness (QED) is 0.186. The van der Waals surface area contributed by atoms with Crippen LogP contribution in [0.3, 0.4) is 0 Å². The highest BCUT2D eigenvalue weighted by Gasteiger charge is 2.38. The minimum absolute atomic E-state index is 0.00328. The number of nitro groups is 1. The van der Waals surface area contributed by atoms with Gasteiger partial charge in [-0.2, -0.15) is 4.31 Å². The zero-order valence-corrected chi connectivity index (χ0v) is 23.8. The van der Waals surface area contributed by atoms with Crippen molar-refractivity contribution in [2.24, 2.45) is 5.92 Å². The average Bonchev–Trinajstić information content (AvgIpc) is 3.40. The molecule has 3 rings (SSSR count). The highest BCUT2D eigenvalue weighted by atomic mass is 32.2. The van der Waals surface area contributed by atoms with Crippen molar-refractivity contribution in [1.29, 1.82) is 0 Å². The number of ether oxygens (including phenoxy) is 2. The van der Waals surface area contributed by atoms with E-state index in [1.165, 1.54) is 0 Å². The lowest BCUT2D eigenvalue weighted by atomic mass is 10.0. The number of non-ortho nitro benzene ring substituents is 1. The van der Waals surface area contributed by atoms with Crippen molar-refractivity contribution in [3.05, 3.63) is 70.3 Å². The third-order valence-electron chi connectivity index (χ3n) is 6.08. The first-order valence-corrected chi connectivity index (χ1v) is 15.2. The lowest BCUT2D eigenvalue weighted by Gasteiger charge is -2.30. The van der Waals surface area contributed by atoms with Crippen LogP contribution in [-0.4, -0.2) is 73.2 Å². The van der Waals surface area contributed by atoms with E-state index in [9.17, 15) is 32.8 Å². The maximum Gasteiger partial charge on any atom is 0.695 e. The van der Waals surface area contributed by atoms with Crippen LogP contribution in [0.25, 0.3) is 0 Å². The smallest absolute Gasteiger partial charge is 0.444 e. The SMILES string of the molecule is CC(C)CN(C[C@@H](O[P+](=O)O)[C@H](Cc1ccccc1)NC(=O)OC1CCOC1)S(=O)(=O)c1ccc([N+](=O)[O-])cc1. The summed E-state index contributed by atoms with van der Waals surface area (Å²) in [4.78, 5) is 32.7. The van der Waals surface area contributed by atoms with E-state index in [0.29, 0.717) is 13.0 Å². The average molecular weight is 599 g/mol. The molecule has 0 bridgehead atoms. The Labute approximate surface area is 233 Å². The summed E-state index contributed by atoms with van der Waals surface area (Å²) >= 11 is 0. The Bertz CT molecular complexity index is 1260. The van der Waals surface area contributed by atoms with Gasteiger partial charge in [-0.05, 0) is 30.0 Å². The Balaban J connectivity index is 1.93. The molecule has 0 aromatic heterocycles. The third kappa shape index (κ3) is 9.29. The Morgan fingerprint density at radius 1 is 1.20 bits per heavy atom. The van der Waals surface area contributed by atoms with Gasteiger partial charge in [0, 0.05) is 36.2 Å². The van der Waals surface area contributed by atoms with Gasteiger partial charge in [0.25, 0.3) is 5.69 Å². The van der Waals surface area contributed by atoms with Gasteiger partial charge in [0.1, 0.15) is 6.10 Å². The lowest BCUT2D eigenvalue weighted by Crippen LogP contribution is -2.52. The van der Waals surface area contributed by atoms with Gasteiger partial charge in [-0.1, -0.05) is 44.2 Å². The van der Waals surface area contributed by atoms with Crippen molar-refractivity contribution in [3.8, 4) is 0 Å². The molecule has 1 amide bonds. The summed E-state index contributed by atoms with van der Waals surface area (Å²) < 4.78 is 56.2. The molecule has 0 spiro atoms. The number of nitro benzene ring substituents is 1. The van der Waals surface area contributed by atoms with Crippen LogP contribution in [-0.2, 0) is 35.0 Å². The van der Waals surface area contributed by atoms with Crippen LogP contribution in [0.2, 0.25) is 0 Å². The second-order valence-corrected chi connectivity index (χ2v) is 12.3. The van der Waals surface area contributed by atoms with Crippen molar-refractivity contribution in [2.45, 2.75) is 49.8 Å². The van der Waals surface area contributed by atoms with E-state index < -0.39 is 54.1 Å². The van der Waals surface area contributed by atoms with Gasteiger partial charge in [0.05, 0.1) is 29.1 Å².